The van der Waals surface area contributed by atoms with Crippen molar-refractivity contribution in [3.05, 3.63) is 35.6 Å². The molecular weight excluding hydrogens is 238 g/mol. The molecule has 3 rings (SSSR count). The summed E-state index contributed by atoms with van der Waals surface area (Å²) < 4.78 is 3.50. The van der Waals surface area contributed by atoms with E-state index in [1.54, 1.807) is 15.4 Å². The summed E-state index contributed by atoms with van der Waals surface area (Å²) in [6.45, 7) is 0. The van der Waals surface area contributed by atoms with Crippen LogP contribution in [-0.2, 0) is 7.05 Å². The van der Waals surface area contributed by atoms with Crippen LogP contribution in [0.4, 0.5) is 5.95 Å². The van der Waals surface area contributed by atoms with Crippen LogP contribution >= 0.6 is 11.6 Å². The zero-order chi connectivity index (χ0) is 12.0. The van der Waals surface area contributed by atoms with E-state index >= 15 is 0 Å². The lowest BCUT2D eigenvalue weighted by atomic mass is 10.3. The van der Waals surface area contributed by atoms with Gasteiger partial charge >= 0.3 is 0 Å². The summed E-state index contributed by atoms with van der Waals surface area (Å²) in [5.41, 5.74) is 8.35. The Bertz CT molecular complexity index is 697. The van der Waals surface area contributed by atoms with Gasteiger partial charge in [0.15, 0.2) is 0 Å². The molecule has 0 radical (unpaired) electrons. The number of fused-ring (bicyclic) bond motifs is 1. The molecule has 86 valence electrons. The number of para-hydroxylation sites is 1. The largest absolute Gasteiger partial charge is 0.369 e. The lowest BCUT2D eigenvalue weighted by Crippen LogP contribution is -1.99. The van der Waals surface area contributed by atoms with Crippen LogP contribution in [0.3, 0.4) is 0 Å². The van der Waals surface area contributed by atoms with Crippen molar-refractivity contribution in [3.63, 3.8) is 0 Å². The quantitative estimate of drug-likeness (QED) is 0.715. The van der Waals surface area contributed by atoms with Gasteiger partial charge in [0.1, 0.15) is 0 Å². The van der Waals surface area contributed by atoms with Gasteiger partial charge in [0.2, 0.25) is 5.95 Å². The molecule has 0 fully saturated rings. The fourth-order valence-electron chi connectivity index (χ4n) is 1.89. The number of nitrogen functional groups attached to an aromatic ring is 1. The van der Waals surface area contributed by atoms with E-state index in [1.165, 1.54) is 0 Å². The van der Waals surface area contributed by atoms with Gasteiger partial charge in [0, 0.05) is 13.2 Å². The van der Waals surface area contributed by atoms with E-state index in [1.807, 2.05) is 31.4 Å². The first-order chi connectivity index (χ1) is 8.16. The van der Waals surface area contributed by atoms with Gasteiger partial charge in [0.05, 0.1) is 27.9 Å². The molecule has 0 amide bonds. The van der Waals surface area contributed by atoms with Crippen molar-refractivity contribution in [1.82, 2.24) is 19.3 Å². The number of anilines is 1. The Kier molecular flexibility index (Phi) is 2.09. The molecule has 1 aromatic carbocycles. The minimum Gasteiger partial charge on any atom is -0.369 e. The van der Waals surface area contributed by atoms with E-state index in [4.69, 9.17) is 17.3 Å². The van der Waals surface area contributed by atoms with Gasteiger partial charge in [-0.1, -0.05) is 17.7 Å². The first-order valence-electron chi connectivity index (χ1n) is 5.08. The number of imidazole rings is 1. The number of rotatable bonds is 1. The third-order valence-corrected chi connectivity index (χ3v) is 2.91. The Morgan fingerprint density at radius 1 is 1.35 bits per heavy atom. The van der Waals surface area contributed by atoms with Crippen LogP contribution in [0.5, 0.6) is 0 Å². The van der Waals surface area contributed by atoms with Gasteiger partial charge in [-0.15, -0.1) is 0 Å². The third-order valence-electron chi connectivity index (χ3n) is 2.60. The van der Waals surface area contributed by atoms with Gasteiger partial charge in [-0.05, 0) is 12.1 Å². The van der Waals surface area contributed by atoms with E-state index in [2.05, 4.69) is 10.1 Å². The van der Waals surface area contributed by atoms with E-state index in [0.717, 1.165) is 16.7 Å². The monoisotopic (exact) mass is 247 g/mol. The van der Waals surface area contributed by atoms with Crippen LogP contribution in [0.25, 0.3) is 16.7 Å². The van der Waals surface area contributed by atoms with Gasteiger partial charge in [-0.2, -0.15) is 5.10 Å². The second kappa shape index (κ2) is 3.49. The van der Waals surface area contributed by atoms with E-state index < -0.39 is 0 Å². The van der Waals surface area contributed by atoms with Crippen molar-refractivity contribution in [2.45, 2.75) is 0 Å². The van der Waals surface area contributed by atoms with Crippen molar-refractivity contribution < 1.29 is 0 Å². The second-order valence-electron chi connectivity index (χ2n) is 3.79. The molecule has 0 aliphatic heterocycles. The highest BCUT2D eigenvalue weighted by Gasteiger charge is 2.13. The number of nitrogens with two attached hydrogens (primary N) is 1. The number of nitrogens with zero attached hydrogens (tertiary/aromatic N) is 4. The summed E-state index contributed by atoms with van der Waals surface area (Å²) in [6.07, 6.45) is 3.58. The number of hydrogen-bond acceptors (Lipinski definition) is 3. The molecule has 2 aromatic heterocycles. The summed E-state index contributed by atoms with van der Waals surface area (Å²) in [5, 5.41) is 4.74. The molecule has 0 bridgehead atoms. The third kappa shape index (κ3) is 1.47. The van der Waals surface area contributed by atoms with Crippen molar-refractivity contribution in [2.24, 2.45) is 7.05 Å². The number of hydrogen-bond donors (Lipinski definition) is 1. The Balaban J connectivity index is 2.39. The summed E-state index contributed by atoms with van der Waals surface area (Å²) in [7, 11) is 1.85. The fourth-order valence-corrected chi connectivity index (χ4v) is 2.14. The number of aromatic nitrogens is 4. The standard InChI is InChI=1S/C11H10ClN5/c1-16-6-7(5-14-16)17-10-8(12)3-2-4-9(10)15-11(17)13/h2-6H,1H3,(H2,13,15). The van der Waals surface area contributed by atoms with E-state index in [-0.39, 0.29) is 0 Å². The molecule has 0 atom stereocenters. The van der Waals surface area contributed by atoms with Crippen molar-refractivity contribution >= 4 is 28.6 Å². The average Bonchev–Trinajstić information content (AvgIpc) is 2.82. The molecule has 3 aromatic rings. The first-order valence-corrected chi connectivity index (χ1v) is 5.46. The molecule has 0 aliphatic carbocycles. The number of benzene rings is 1. The van der Waals surface area contributed by atoms with Crippen molar-refractivity contribution in [1.29, 1.82) is 0 Å². The predicted octanol–water partition coefficient (Wildman–Crippen LogP) is 1.99. The fraction of sp³-hybridized carbons (Fsp3) is 0.0909. The van der Waals surface area contributed by atoms with Gasteiger partial charge < -0.3 is 5.73 Å². The highest BCUT2D eigenvalue weighted by atomic mass is 35.5. The lowest BCUT2D eigenvalue weighted by Gasteiger charge is -2.03. The number of halogens is 1. The summed E-state index contributed by atoms with van der Waals surface area (Å²) in [6, 6.07) is 5.55. The van der Waals surface area contributed by atoms with Crippen molar-refractivity contribution in [3.8, 4) is 5.69 Å². The van der Waals surface area contributed by atoms with E-state index in [0.29, 0.717) is 11.0 Å². The Morgan fingerprint density at radius 3 is 2.88 bits per heavy atom. The SMILES string of the molecule is Cn1cc(-n2c(N)nc3cccc(Cl)c32)cn1. The highest BCUT2D eigenvalue weighted by Crippen LogP contribution is 2.28. The highest BCUT2D eigenvalue weighted by molar-refractivity contribution is 6.35. The maximum Gasteiger partial charge on any atom is 0.206 e. The summed E-state index contributed by atoms with van der Waals surface area (Å²) >= 11 is 6.19. The minimum absolute atomic E-state index is 0.404. The first kappa shape index (κ1) is 10.2. The molecular formula is C11H10ClN5. The van der Waals surface area contributed by atoms with Crippen LogP contribution in [0.15, 0.2) is 30.6 Å². The molecule has 0 aliphatic rings. The van der Waals surface area contributed by atoms with Gasteiger partial charge in [-0.3, -0.25) is 9.25 Å². The smallest absolute Gasteiger partial charge is 0.206 e. The second-order valence-corrected chi connectivity index (χ2v) is 4.19. The average molecular weight is 248 g/mol. The summed E-state index contributed by atoms with van der Waals surface area (Å²) in [4.78, 5) is 4.28. The molecule has 6 heteroatoms. The molecule has 0 spiro atoms. The molecule has 2 N–H and O–H groups in total. The van der Waals surface area contributed by atoms with Gasteiger partial charge in [-0.25, -0.2) is 4.98 Å². The maximum atomic E-state index is 6.19. The molecule has 2 heterocycles. The Morgan fingerprint density at radius 2 is 2.18 bits per heavy atom. The molecule has 17 heavy (non-hydrogen) atoms. The Labute approximate surface area is 102 Å². The van der Waals surface area contributed by atoms with E-state index in [9.17, 15) is 0 Å². The zero-order valence-electron chi connectivity index (χ0n) is 9.13. The normalized spacial score (nSPS) is 11.2. The predicted molar refractivity (Wildman–Crippen MR) is 67.3 cm³/mol. The van der Waals surface area contributed by atoms with Crippen LogP contribution in [0, 0.1) is 0 Å². The zero-order valence-corrected chi connectivity index (χ0v) is 9.89. The van der Waals surface area contributed by atoms with Crippen LogP contribution in [0.1, 0.15) is 0 Å². The molecule has 0 saturated carbocycles. The minimum atomic E-state index is 0.404. The Hall–Kier alpha value is -2.01. The molecule has 5 nitrogen and oxygen atoms in total. The molecule has 0 unspecified atom stereocenters. The van der Waals surface area contributed by atoms with Crippen molar-refractivity contribution in [2.75, 3.05) is 5.73 Å². The van der Waals surface area contributed by atoms with Crippen LogP contribution in [-0.4, -0.2) is 19.3 Å². The van der Waals surface area contributed by atoms with Gasteiger partial charge in [0.25, 0.3) is 0 Å². The maximum absolute atomic E-state index is 6.19. The number of aryl methyl sites for hydroxylation is 1. The van der Waals surface area contributed by atoms with Crippen LogP contribution in [0.2, 0.25) is 5.02 Å². The van der Waals surface area contributed by atoms with Crippen LogP contribution < -0.4 is 5.73 Å². The topological polar surface area (TPSA) is 61.7 Å². The molecule has 0 saturated heterocycles. The summed E-state index contributed by atoms with van der Waals surface area (Å²) in [5.74, 6) is 0.404. The lowest BCUT2D eigenvalue weighted by molar-refractivity contribution is 0.767.